The van der Waals surface area contributed by atoms with Crippen LogP contribution < -0.4 is 10.5 Å². The molecule has 0 amide bonds. The topological polar surface area (TPSA) is 101 Å². The largest absolute Gasteiger partial charge is 0.489 e. The minimum Gasteiger partial charge on any atom is -0.489 e. The number of aromatic nitrogens is 1. The molecule has 7 heteroatoms. The molecule has 1 aromatic heterocycles. The lowest BCUT2D eigenvalue weighted by Crippen LogP contribution is -2.07. The van der Waals surface area contributed by atoms with Gasteiger partial charge in [-0.05, 0) is 9.91 Å². The second-order valence-electron chi connectivity index (χ2n) is 2.64. The van der Waals surface area contributed by atoms with Gasteiger partial charge in [-0.25, -0.2) is 0 Å². The van der Waals surface area contributed by atoms with Crippen molar-refractivity contribution in [1.82, 2.24) is 4.98 Å². The van der Waals surface area contributed by atoms with Gasteiger partial charge in [0.1, 0.15) is 12.8 Å². The fraction of sp³-hybridized carbons (Fsp3) is 0.375. The minimum absolute atomic E-state index is 0.0707. The van der Waals surface area contributed by atoms with E-state index in [2.05, 4.69) is 4.98 Å². The Morgan fingerprint density at radius 3 is 2.93 bits per heavy atom. The van der Waals surface area contributed by atoms with Crippen molar-refractivity contribution in [2.45, 2.75) is 0 Å². The molecule has 82 valence electrons. The molecule has 15 heavy (non-hydrogen) atoms. The number of pyridine rings is 1. The molecule has 1 rings (SSSR count). The Morgan fingerprint density at radius 1 is 1.60 bits per heavy atom. The molecule has 0 bridgehead atoms. The van der Waals surface area contributed by atoms with Crippen molar-refractivity contribution < 1.29 is 14.4 Å². The van der Waals surface area contributed by atoms with Crippen LogP contribution in [0.25, 0.3) is 0 Å². The van der Waals surface area contributed by atoms with Crippen molar-refractivity contribution in [3.63, 3.8) is 0 Å². The Balaban J connectivity index is 2.80. The number of ether oxygens (including phenoxy) is 2. The van der Waals surface area contributed by atoms with Gasteiger partial charge in [0.25, 0.3) is 0 Å². The van der Waals surface area contributed by atoms with E-state index >= 15 is 0 Å². The molecule has 0 aliphatic carbocycles. The molecule has 0 unspecified atom stereocenters. The summed E-state index contributed by atoms with van der Waals surface area (Å²) in [4.78, 5) is 13.4. The number of rotatable bonds is 5. The Labute approximate surface area is 86.0 Å². The second kappa shape index (κ2) is 5.11. The number of nitrogens with zero attached hydrogens (tertiary/aromatic N) is 2. The summed E-state index contributed by atoms with van der Waals surface area (Å²) in [5.41, 5.74) is 5.43. The summed E-state index contributed by atoms with van der Waals surface area (Å²) >= 11 is 0. The number of nitrogen functional groups attached to an aromatic ring is 1. The fourth-order valence-electron chi connectivity index (χ4n) is 0.951. The highest BCUT2D eigenvalue weighted by Crippen LogP contribution is 2.28. The minimum atomic E-state index is -0.654. The van der Waals surface area contributed by atoms with Crippen molar-refractivity contribution in [3.8, 4) is 5.75 Å². The van der Waals surface area contributed by atoms with Gasteiger partial charge in [-0.3, -0.25) is 0 Å². The molecule has 7 nitrogen and oxygen atoms in total. The molecule has 0 radical (unpaired) electrons. The smallest absolute Gasteiger partial charge is 0.390 e. The molecule has 1 aromatic rings. The highest BCUT2D eigenvalue weighted by molar-refractivity contribution is 5.62. The molecule has 1 heterocycles. The van der Waals surface area contributed by atoms with Crippen LogP contribution in [0.4, 0.5) is 11.5 Å². The molecule has 0 fully saturated rings. The Morgan fingerprint density at radius 2 is 2.33 bits per heavy atom. The van der Waals surface area contributed by atoms with Gasteiger partial charge in [0.2, 0.25) is 0 Å². The van der Waals surface area contributed by atoms with Gasteiger partial charge in [-0.15, -0.1) is 0 Å². The normalized spacial score (nSPS) is 9.93. The van der Waals surface area contributed by atoms with Crippen LogP contribution in [-0.2, 0) is 4.74 Å². The molecular formula is C8H11N3O4. The Bertz CT molecular complexity index is 356. The monoisotopic (exact) mass is 213 g/mol. The fourth-order valence-corrected chi connectivity index (χ4v) is 0.951. The SMILES string of the molecule is COCCOc1ccnc([N+](=O)[O-])c1N. The number of methoxy groups -OCH3 is 1. The van der Waals surface area contributed by atoms with E-state index < -0.39 is 10.7 Å². The van der Waals surface area contributed by atoms with E-state index in [-0.39, 0.29) is 18.0 Å². The standard InChI is InChI=1S/C8H11N3O4/c1-14-4-5-15-6-2-3-10-8(7(6)9)11(12)13/h2-3H,4-5,9H2,1H3. The summed E-state index contributed by atoms with van der Waals surface area (Å²) in [6.07, 6.45) is 1.27. The average Bonchev–Trinajstić information content (AvgIpc) is 2.20. The molecule has 0 saturated heterocycles. The van der Waals surface area contributed by atoms with Crippen LogP contribution in [0.2, 0.25) is 0 Å². The number of nitrogens with two attached hydrogens (primary N) is 1. The number of hydrogen-bond donors (Lipinski definition) is 1. The van der Waals surface area contributed by atoms with E-state index in [0.29, 0.717) is 6.61 Å². The summed E-state index contributed by atoms with van der Waals surface area (Å²) in [5, 5.41) is 10.5. The third kappa shape index (κ3) is 2.78. The van der Waals surface area contributed by atoms with Gasteiger partial charge in [0.05, 0.1) is 6.61 Å². The van der Waals surface area contributed by atoms with Gasteiger partial charge in [-0.2, -0.15) is 0 Å². The summed E-state index contributed by atoms with van der Waals surface area (Å²) in [6.45, 7) is 0.664. The lowest BCUT2D eigenvalue weighted by Gasteiger charge is -2.06. The lowest BCUT2D eigenvalue weighted by atomic mass is 10.3. The van der Waals surface area contributed by atoms with Crippen LogP contribution in [0.3, 0.4) is 0 Å². The average molecular weight is 213 g/mol. The first-order chi connectivity index (χ1) is 7.16. The molecule has 0 saturated carbocycles. The zero-order chi connectivity index (χ0) is 11.3. The molecule has 0 atom stereocenters. The van der Waals surface area contributed by atoms with Crippen LogP contribution >= 0.6 is 0 Å². The number of hydrogen-bond acceptors (Lipinski definition) is 6. The van der Waals surface area contributed by atoms with Gasteiger partial charge < -0.3 is 25.3 Å². The zero-order valence-corrected chi connectivity index (χ0v) is 8.17. The quantitative estimate of drug-likeness (QED) is 0.436. The second-order valence-corrected chi connectivity index (χ2v) is 2.64. The van der Waals surface area contributed by atoms with Gasteiger partial charge >= 0.3 is 5.82 Å². The van der Waals surface area contributed by atoms with E-state index in [9.17, 15) is 10.1 Å². The maximum atomic E-state index is 10.5. The van der Waals surface area contributed by atoms with Gasteiger partial charge in [0, 0.05) is 13.2 Å². The van der Waals surface area contributed by atoms with Crippen molar-refractivity contribution in [2.75, 3.05) is 26.1 Å². The van der Waals surface area contributed by atoms with E-state index in [4.69, 9.17) is 15.2 Å². The molecule has 0 aromatic carbocycles. The van der Waals surface area contributed by atoms with Crippen LogP contribution in [-0.4, -0.2) is 30.2 Å². The highest BCUT2D eigenvalue weighted by Gasteiger charge is 2.16. The summed E-state index contributed by atoms with van der Waals surface area (Å²) < 4.78 is 9.94. The first-order valence-corrected chi connectivity index (χ1v) is 4.17. The Hall–Kier alpha value is -1.89. The molecular weight excluding hydrogens is 202 g/mol. The van der Waals surface area contributed by atoms with Crippen LogP contribution in [0.15, 0.2) is 12.3 Å². The van der Waals surface area contributed by atoms with Crippen molar-refractivity contribution >= 4 is 11.5 Å². The maximum absolute atomic E-state index is 10.5. The van der Waals surface area contributed by atoms with E-state index in [1.165, 1.54) is 19.4 Å². The van der Waals surface area contributed by atoms with Crippen molar-refractivity contribution in [2.24, 2.45) is 0 Å². The van der Waals surface area contributed by atoms with E-state index in [0.717, 1.165) is 0 Å². The lowest BCUT2D eigenvalue weighted by molar-refractivity contribution is -0.388. The Kier molecular flexibility index (Phi) is 3.81. The predicted molar refractivity (Wildman–Crippen MR) is 52.7 cm³/mol. The summed E-state index contributed by atoms with van der Waals surface area (Å²) in [6, 6.07) is 1.47. The molecule has 0 aliphatic heterocycles. The van der Waals surface area contributed by atoms with Gasteiger partial charge in [0.15, 0.2) is 11.4 Å². The van der Waals surface area contributed by atoms with Crippen LogP contribution in [0.5, 0.6) is 5.75 Å². The van der Waals surface area contributed by atoms with E-state index in [1.807, 2.05) is 0 Å². The van der Waals surface area contributed by atoms with Crippen LogP contribution in [0, 0.1) is 10.1 Å². The summed E-state index contributed by atoms with van der Waals surface area (Å²) in [7, 11) is 1.53. The van der Waals surface area contributed by atoms with E-state index in [1.54, 1.807) is 0 Å². The maximum Gasteiger partial charge on any atom is 0.390 e. The van der Waals surface area contributed by atoms with Gasteiger partial charge in [-0.1, -0.05) is 0 Å². The first-order valence-electron chi connectivity index (χ1n) is 4.17. The van der Waals surface area contributed by atoms with Crippen LogP contribution in [0.1, 0.15) is 0 Å². The predicted octanol–water partition coefficient (Wildman–Crippen LogP) is 0.597. The third-order valence-corrected chi connectivity index (χ3v) is 1.65. The molecule has 0 aliphatic rings. The third-order valence-electron chi connectivity index (χ3n) is 1.65. The molecule has 0 spiro atoms. The zero-order valence-electron chi connectivity index (χ0n) is 8.17. The van der Waals surface area contributed by atoms with Crippen molar-refractivity contribution in [1.29, 1.82) is 0 Å². The number of nitro groups is 1. The molecule has 2 N–H and O–H groups in total. The highest BCUT2D eigenvalue weighted by atomic mass is 16.6. The first kappa shape index (κ1) is 11.2. The van der Waals surface area contributed by atoms with Crippen molar-refractivity contribution in [3.05, 3.63) is 22.4 Å². The summed E-state index contributed by atoms with van der Waals surface area (Å²) in [5.74, 6) is -0.154. The number of anilines is 1.